The summed E-state index contributed by atoms with van der Waals surface area (Å²) < 4.78 is 8.17. The molecule has 7 nitrogen and oxygen atoms in total. The Morgan fingerprint density at radius 2 is 1.88 bits per heavy atom. The first-order chi connectivity index (χ1) is 12.5. The molecule has 3 aromatic heterocycles. The van der Waals surface area contributed by atoms with Crippen molar-refractivity contribution in [2.24, 2.45) is 7.05 Å². The first-order valence-electron chi connectivity index (χ1n) is 7.81. The fourth-order valence-corrected chi connectivity index (χ4v) is 3.55. The Labute approximate surface area is 151 Å². The molecule has 1 aromatic carbocycles. The highest BCUT2D eigenvalue weighted by molar-refractivity contribution is 7.17. The molecule has 0 amide bonds. The maximum atomic E-state index is 11.9. The number of aromatic nitrogens is 4. The summed E-state index contributed by atoms with van der Waals surface area (Å²) in [4.78, 5) is 34.4. The van der Waals surface area contributed by atoms with Gasteiger partial charge in [0.25, 0.3) is 5.56 Å². The van der Waals surface area contributed by atoms with Crippen molar-refractivity contribution in [2.45, 2.75) is 6.92 Å². The number of nitrogens with zero attached hydrogens (tertiary/aromatic N) is 3. The zero-order valence-electron chi connectivity index (χ0n) is 14.0. The second-order valence-electron chi connectivity index (χ2n) is 5.73. The van der Waals surface area contributed by atoms with Crippen LogP contribution in [0.4, 0.5) is 0 Å². The van der Waals surface area contributed by atoms with Crippen molar-refractivity contribution in [3.8, 4) is 22.9 Å². The molecule has 0 spiro atoms. The molecule has 0 aliphatic carbocycles. The van der Waals surface area contributed by atoms with Crippen LogP contribution in [0.15, 0.2) is 51.6 Å². The molecule has 0 atom stereocenters. The number of H-pyrrole nitrogens is 1. The van der Waals surface area contributed by atoms with E-state index in [1.54, 1.807) is 26.1 Å². The predicted octanol–water partition coefficient (Wildman–Crippen LogP) is 2.85. The van der Waals surface area contributed by atoms with Gasteiger partial charge < -0.3 is 4.74 Å². The van der Waals surface area contributed by atoms with Gasteiger partial charge >= 0.3 is 5.69 Å². The lowest BCUT2D eigenvalue weighted by Gasteiger charge is -2.11. The van der Waals surface area contributed by atoms with E-state index in [2.05, 4.69) is 15.0 Å². The first kappa shape index (κ1) is 16.2. The van der Waals surface area contributed by atoms with Crippen LogP contribution in [0.2, 0.25) is 0 Å². The van der Waals surface area contributed by atoms with Crippen molar-refractivity contribution in [1.29, 1.82) is 0 Å². The van der Waals surface area contributed by atoms with E-state index < -0.39 is 5.69 Å². The van der Waals surface area contributed by atoms with E-state index in [0.717, 1.165) is 15.8 Å². The van der Waals surface area contributed by atoms with E-state index in [0.29, 0.717) is 22.9 Å². The van der Waals surface area contributed by atoms with Gasteiger partial charge in [-0.15, -0.1) is 11.3 Å². The zero-order valence-corrected chi connectivity index (χ0v) is 14.8. The summed E-state index contributed by atoms with van der Waals surface area (Å²) >= 11 is 1.51. The maximum Gasteiger partial charge on any atom is 0.328 e. The number of ether oxygens (including phenoxy) is 1. The van der Waals surface area contributed by atoms with Gasteiger partial charge in [0, 0.05) is 12.6 Å². The quantitative estimate of drug-likeness (QED) is 0.602. The molecule has 4 aromatic rings. The van der Waals surface area contributed by atoms with E-state index in [4.69, 9.17) is 4.74 Å². The standard InChI is InChI=1S/C18H14N4O3S/c1-10-14(22(2)18(24)21-16(10)23)11-3-5-12(6-4-11)25-17-15-13(7-8-26-15)19-9-20-17/h3-9H,1-2H3,(H,21,23,24). The number of thiophene rings is 1. The van der Waals surface area contributed by atoms with Crippen LogP contribution in [0.3, 0.4) is 0 Å². The van der Waals surface area contributed by atoms with Gasteiger partial charge in [-0.3, -0.25) is 14.3 Å². The summed E-state index contributed by atoms with van der Waals surface area (Å²) in [5.41, 5.74) is 1.82. The molecule has 1 N–H and O–H groups in total. The van der Waals surface area contributed by atoms with Crippen LogP contribution >= 0.6 is 11.3 Å². The molecule has 4 rings (SSSR count). The fraction of sp³-hybridized carbons (Fsp3) is 0.111. The highest BCUT2D eigenvalue weighted by atomic mass is 32.1. The molecule has 0 saturated carbocycles. The topological polar surface area (TPSA) is 89.9 Å². The average molecular weight is 366 g/mol. The zero-order chi connectivity index (χ0) is 18.3. The molecule has 0 bridgehead atoms. The summed E-state index contributed by atoms with van der Waals surface area (Å²) in [5, 5.41) is 1.94. The van der Waals surface area contributed by atoms with Crippen LogP contribution in [0.5, 0.6) is 11.6 Å². The summed E-state index contributed by atoms with van der Waals surface area (Å²) in [5.74, 6) is 1.10. The molecule has 0 unspecified atom stereocenters. The second-order valence-corrected chi connectivity index (χ2v) is 6.65. The first-order valence-corrected chi connectivity index (χ1v) is 8.69. The minimum absolute atomic E-state index is 0.385. The van der Waals surface area contributed by atoms with Gasteiger partial charge in [0.1, 0.15) is 16.8 Å². The van der Waals surface area contributed by atoms with Gasteiger partial charge in [-0.2, -0.15) is 0 Å². The Bertz CT molecular complexity index is 1190. The molecule has 8 heteroatoms. The average Bonchev–Trinajstić information content (AvgIpc) is 3.11. The molecule has 130 valence electrons. The summed E-state index contributed by atoms with van der Waals surface area (Å²) in [6, 6.07) is 9.09. The van der Waals surface area contributed by atoms with Gasteiger partial charge in [-0.05, 0) is 48.2 Å². The Balaban J connectivity index is 1.71. The smallest absolute Gasteiger partial charge is 0.328 e. The molecule has 0 saturated heterocycles. The van der Waals surface area contributed by atoms with E-state index >= 15 is 0 Å². The number of hydrogen-bond donors (Lipinski definition) is 1. The number of aromatic amines is 1. The highest BCUT2D eigenvalue weighted by Crippen LogP contribution is 2.31. The largest absolute Gasteiger partial charge is 0.437 e. The van der Waals surface area contributed by atoms with Gasteiger partial charge in [-0.25, -0.2) is 14.8 Å². The van der Waals surface area contributed by atoms with Crippen LogP contribution in [0, 0.1) is 6.92 Å². The number of fused-ring (bicyclic) bond motifs is 1. The number of hydrogen-bond acceptors (Lipinski definition) is 6. The van der Waals surface area contributed by atoms with E-state index in [9.17, 15) is 9.59 Å². The van der Waals surface area contributed by atoms with Crippen LogP contribution in [-0.4, -0.2) is 19.5 Å². The normalized spacial score (nSPS) is 11.0. The minimum Gasteiger partial charge on any atom is -0.437 e. The lowest BCUT2D eigenvalue weighted by molar-refractivity contribution is 0.469. The van der Waals surface area contributed by atoms with E-state index in [1.807, 2.05) is 23.6 Å². The molecular weight excluding hydrogens is 352 g/mol. The van der Waals surface area contributed by atoms with Crippen molar-refractivity contribution < 1.29 is 4.74 Å². The number of rotatable bonds is 3. The van der Waals surface area contributed by atoms with Crippen molar-refractivity contribution in [3.05, 3.63) is 68.4 Å². The Hall–Kier alpha value is -3.26. The third-order valence-electron chi connectivity index (χ3n) is 4.11. The number of nitrogens with one attached hydrogen (secondary N) is 1. The lowest BCUT2D eigenvalue weighted by atomic mass is 10.1. The summed E-state index contributed by atoms with van der Waals surface area (Å²) in [6.07, 6.45) is 1.47. The van der Waals surface area contributed by atoms with Crippen molar-refractivity contribution in [1.82, 2.24) is 19.5 Å². The Morgan fingerprint density at radius 3 is 2.65 bits per heavy atom. The molecule has 3 heterocycles. The number of benzene rings is 1. The third kappa shape index (κ3) is 2.70. The van der Waals surface area contributed by atoms with Gasteiger partial charge in [-0.1, -0.05) is 0 Å². The van der Waals surface area contributed by atoms with Crippen molar-refractivity contribution in [3.63, 3.8) is 0 Å². The van der Waals surface area contributed by atoms with Gasteiger partial charge in [0.15, 0.2) is 0 Å². The lowest BCUT2D eigenvalue weighted by Crippen LogP contribution is -2.31. The van der Waals surface area contributed by atoms with Crippen molar-refractivity contribution in [2.75, 3.05) is 0 Å². The molecule has 0 fully saturated rings. The Morgan fingerprint density at radius 1 is 1.12 bits per heavy atom. The third-order valence-corrected chi connectivity index (χ3v) is 5.00. The SMILES string of the molecule is Cc1c(-c2ccc(Oc3ncnc4ccsc34)cc2)n(C)c(=O)[nH]c1=O. The van der Waals surface area contributed by atoms with Crippen molar-refractivity contribution >= 4 is 21.6 Å². The van der Waals surface area contributed by atoms with E-state index in [1.165, 1.54) is 22.2 Å². The molecule has 0 radical (unpaired) electrons. The van der Waals surface area contributed by atoms with Gasteiger partial charge in [0.05, 0.1) is 11.2 Å². The summed E-state index contributed by atoms with van der Waals surface area (Å²) in [7, 11) is 1.62. The minimum atomic E-state index is -0.447. The summed E-state index contributed by atoms with van der Waals surface area (Å²) in [6.45, 7) is 1.69. The van der Waals surface area contributed by atoms with Crippen LogP contribution < -0.4 is 16.0 Å². The van der Waals surface area contributed by atoms with Crippen LogP contribution in [0.1, 0.15) is 5.56 Å². The van der Waals surface area contributed by atoms with Gasteiger partial charge in [0.2, 0.25) is 5.88 Å². The van der Waals surface area contributed by atoms with Crippen LogP contribution in [-0.2, 0) is 7.05 Å². The molecule has 0 aliphatic rings. The monoisotopic (exact) mass is 366 g/mol. The molecular formula is C18H14N4O3S. The van der Waals surface area contributed by atoms with E-state index in [-0.39, 0.29) is 5.56 Å². The Kier molecular flexibility index (Phi) is 3.89. The fourth-order valence-electron chi connectivity index (χ4n) is 2.78. The maximum absolute atomic E-state index is 11.9. The highest BCUT2D eigenvalue weighted by Gasteiger charge is 2.12. The predicted molar refractivity (Wildman–Crippen MR) is 100.0 cm³/mol. The molecule has 26 heavy (non-hydrogen) atoms. The second kappa shape index (κ2) is 6.23. The molecule has 0 aliphatic heterocycles. The van der Waals surface area contributed by atoms with Crippen LogP contribution in [0.25, 0.3) is 21.5 Å².